The Bertz CT molecular complexity index is 952. The number of anilines is 4. The summed E-state index contributed by atoms with van der Waals surface area (Å²) in [6.07, 6.45) is 7.52. The first-order valence-corrected chi connectivity index (χ1v) is 12.6. The number of nitrogens with zero attached hydrogens (tertiary/aromatic N) is 2. The van der Waals surface area contributed by atoms with Crippen molar-refractivity contribution in [2.45, 2.75) is 38.5 Å². The molecule has 2 heterocycles. The van der Waals surface area contributed by atoms with Crippen molar-refractivity contribution in [2.24, 2.45) is 11.8 Å². The smallest absolute Gasteiger partial charge is 0.232 e. The molecule has 2 amide bonds. The van der Waals surface area contributed by atoms with Gasteiger partial charge in [0.1, 0.15) is 0 Å². The van der Waals surface area contributed by atoms with Gasteiger partial charge in [0.25, 0.3) is 0 Å². The standard InChI is InChI=1S/C28H34N4O2/c1-20-25(27(33)29-21-8-12-23(13-9-21)31-16-4-2-5-17-31)26(20)28(34)30-22-10-14-24(15-11-22)32-18-6-3-7-19-32/h8-15,25-26H,1-7,16-19H2,(H,29,33)(H,30,34)/t25-,26+. The average molecular weight is 459 g/mol. The van der Waals surface area contributed by atoms with E-state index in [1.807, 2.05) is 24.3 Å². The number of rotatable bonds is 6. The van der Waals surface area contributed by atoms with E-state index in [0.29, 0.717) is 5.57 Å². The summed E-state index contributed by atoms with van der Waals surface area (Å²) in [5.41, 5.74) is 4.55. The Morgan fingerprint density at radius 2 is 0.971 bits per heavy atom. The lowest BCUT2D eigenvalue weighted by Crippen LogP contribution is -2.29. The molecule has 2 saturated heterocycles. The molecule has 3 fully saturated rings. The van der Waals surface area contributed by atoms with Gasteiger partial charge in [0.05, 0.1) is 11.8 Å². The van der Waals surface area contributed by atoms with E-state index in [1.165, 1.54) is 49.9 Å². The second-order valence-corrected chi connectivity index (χ2v) is 9.70. The Labute approximate surface area is 202 Å². The molecule has 3 aliphatic rings. The highest BCUT2D eigenvalue weighted by atomic mass is 16.2. The van der Waals surface area contributed by atoms with Crippen molar-refractivity contribution in [1.82, 2.24) is 0 Å². The summed E-state index contributed by atoms with van der Waals surface area (Å²) in [7, 11) is 0. The molecule has 34 heavy (non-hydrogen) atoms. The summed E-state index contributed by atoms with van der Waals surface area (Å²) in [6.45, 7) is 8.33. The van der Waals surface area contributed by atoms with Crippen LogP contribution in [0.15, 0.2) is 60.7 Å². The molecule has 2 N–H and O–H groups in total. The quantitative estimate of drug-likeness (QED) is 0.595. The minimum atomic E-state index is -0.477. The van der Waals surface area contributed by atoms with Crippen LogP contribution >= 0.6 is 0 Å². The molecule has 2 aromatic rings. The normalized spacial score (nSPS) is 22.3. The van der Waals surface area contributed by atoms with E-state index in [1.54, 1.807) is 0 Å². The molecule has 178 valence electrons. The van der Waals surface area contributed by atoms with Gasteiger partial charge in [0.2, 0.25) is 11.8 Å². The summed E-state index contributed by atoms with van der Waals surface area (Å²) in [5, 5.41) is 5.91. The molecule has 2 atom stereocenters. The van der Waals surface area contributed by atoms with Crippen molar-refractivity contribution in [2.75, 3.05) is 46.6 Å². The summed E-state index contributed by atoms with van der Waals surface area (Å²) < 4.78 is 0. The fraction of sp³-hybridized carbons (Fsp3) is 0.429. The lowest BCUT2D eigenvalue weighted by Gasteiger charge is -2.28. The zero-order valence-electron chi connectivity index (χ0n) is 19.8. The van der Waals surface area contributed by atoms with Crippen LogP contribution in [0.25, 0.3) is 0 Å². The van der Waals surface area contributed by atoms with Gasteiger partial charge in [-0.1, -0.05) is 12.2 Å². The van der Waals surface area contributed by atoms with Crippen LogP contribution in [0.2, 0.25) is 0 Å². The van der Waals surface area contributed by atoms with Gasteiger partial charge in [-0.05, 0) is 87.1 Å². The molecule has 2 aliphatic heterocycles. The van der Waals surface area contributed by atoms with Gasteiger partial charge in [-0.2, -0.15) is 0 Å². The minimum Gasteiger partial charge on any atom is -0.372 e. The Balaban J connectivity index is 1.13. The summed E-state index contributed by atoms with van der Waals surface area (Å²) in [4.78, 5) is 30.4. The zero-order valence-corrected chi connectivity index (χ0v) is 19.8. The number of amides is 2. The fourth-order valence-electron chi connectivity index (χ4n) is 5.21. The van der Waals surface area contributed by atoms with Crippen LogP contribution in [0.5, 0.6) is 0 Å². The third-order valence-electron chi connectivity index (χ3n) is 7.30. The number of piperidine rings is 2. The number of hydrogen-bond acceptors (Lipinski definition) is 4. The van der Waals surface area contributed by atoms with E-state index >= 15 is 0 Å². The van der Waals surface area contributed by atoms with Crippen molar-refractivity contribution in [3.05, 3.63) is 60.7 Å². The summed E-state index contributed by atoms with van der Waals surface area (Å²) in [6, 6.07) is 16.0. The van der Waals surface area contributed by atoms with Crippen molar-refractivity contribution < 1.29 is 9.59 Å². The first-order chi connectivity index (χ1) is 16.6. The van der Waals surface area contributed by atoms with E-state index in [2.05, 4.69) is 51.3 Å². The highest BCUT2D eigenvalue weighted by molar-refractivity contribution is 6.08. The van der Waals surface area contributed by atoms with Crippen molar-refractivity contribution in [3.63, 3.8) is 0 Å². The largest absolute Gasteiger partial charge is 0.372 e. The average Bonchev–Trinajstić information content (AvgIpc) is 3.57. The third-order valence-corrected chi connectivity index (χ3v) is 7.30. The number of hydrogen-bond donors (Lipinski definition) is 2. The van der Waals surface area contributed by atoms with Gasteiger partial charge in [-0.3, -0.25) is 9.59 Å². The second-order valence-electron chi connectivity index (χ2n) is 9.70. The molecule has 6 nitrogen and oxygen atoms in total. The molecular weight excluding hydrogens is 424 g/mol. The van der Waals surface area contributed by atoms with Gasteiger partial charge < -0.3 is 20.4 Å². The maximum absolute atomic E-state index is 12.8. The first-order valence-electron chi connectivity index (χ1n) is 12.6. The van der Waals surface area contributed by atoms with Crippen LogP contribution in [0.1, 0.15) is 38.5 Å². The van der Waals surface area contributed by atoms with E-state index in [9.17, 15) is 9.59 Å². The summed E-state index contributed by atoms with van der Waals surface area (Å²) >= 11 is 0. The molecule has 0 unspecified atom stereocenters. The number of carbonyl (C=O) groups is 2. The SMILES string of the molecule is C=C1[C@H](C(=O)Nc2ccc(N3CCCCC3)cc2)[C@@H]1C(=O)Nc1ccc(N2CCCCC2)cc1. The Kier molecular flexibility index (Phi) is 6.57. The van der Waals surface area contributed by atoms with E-state index in [-0.39, 0.29) is 11.8 Å². The molecule has 5 rings (SSSR count). The molecule has 0 aromatic heterocycles. The lowest BCUT2D eigenvalue weighted by molar-refractivity contribution is -0.122. The predicted octanol–water partition coefficient (Wildman–Crippen LogP) is 5.05. The lowest BCUT2D eigenvalue weighted by atomic mass is 10.1. The van der Waals surface area contributed by atoms with Gasteiger partial charge in [0, 0.05) is 48.9 Å². The number of benzene rings is 2. The fourth-order valence-corrected chi connectivity index (χ4v) is 5.21. The molecule has 2 aromatic carbocycles. The highest BCUT2D eigenvalue weighted by Gasteiger charge is 2.52. The van der Waals surface area contributed by atoms with Crippen LogP contribution in [0, 0.1) is 11.8 Å². The van der Waals surface area contributed by atoms with Crippen LogP contribution in [0.3, 0.4) is 0 Å². The molecule has 6 heteroatoms. The zero-order chi connectivity index (χ0) is 23.5. The maximum Gasteiger partial charge on any atom is 0.232 e. The van der Waals surface area contributed by atoms with Crippen LogP contribution < -0.4 is 20.4 Å². The highest BCUT2D eigenvalue weighted by Crippen LogP contribution is 2.45. The third kappa shape index (κ3) is 4.96. The second kappa shape index (κ2) is 9.92. The van der Waals surface area contributed by atoms with E-state index in [0.717, 1.165) is 37.6 Å². The monoisotopic (exact) mass is 458 g/mol. The van der Waals surface area contributed by atoms with E-state index < -0.39 is 11.8 Å². The predicted molar refractivity (Wildman–Crippen MR) is 138 cm³/mol. The van der Waals surface area contributed by atoms with Crippen molar-refractivity contribution in [1.29, 1.82) is 0 Å². The van der Waals surface area contributed by atoms with Gasteiger partial charge in [0.15, 0.2) is 0 Å². The van der Waals surface area contributed by atoms with Crippen LogP contribution in [0.4, 0.5) is 22.7 Å². The molecule has 0 bridgehead atoms. The molecule has 0 radical (unpaired) electrons. The van der Waals surface area contributed by atoms with Crippen molar-refractivity contribution >= 4 is 34.6 Å². The van der Waals surface area contributed by atoms with Gasteiger partial charge >= 0.3 is 0 Å². The topological polar surface area (TPSA) is 64.7 Å². The van der Waals surface area contributed by atoms with Gasteiger partial charge in [-0.25, -0.2) is 0 Å². The number of carbonyl (C=O) groups excluding carboxylic acids is 2. The van der Waals surface area contributed by atoms with Crippen molar-refractivity contribution in [3.8, 4) is 0 Å². The Hall–Kier alpha value is -3.28. The Morgan fingerprint density at radius 3 is 1.32 bits per heavy atom. The molecular formula is C28H34N4O2. The minimum absolute atomic E-state index is 0.170. The van der Waals surface area contributed by atoms with Crippen LogP contribution in [-0.2, 0) is 9.59 Å². The van der Waals surface area contributed by atoms with E-state index in [4.69, 9.17) is 0 Å². The van der Waals surface area contributed by atoms with Crippen LogP contribution in [-0.4, -0.2) is 38.0 Å². The summed E-state index contributed by atoms with van der Waals surface area (Å²) in [5.74, 6) is -1.29. The molecule has 1 aliphatic carbocycles. The van der Waals surface area contributed by atoms with Gasteiger partial charge in [-0.15, -0.1) is 0 Å². The molecule has 0 spiro atoms. The maximum atomic E-state index is 12.8. The Morgan fingerprint density at radius 1 is 0.618 bits per heavy atom. The molecule has 1 saturated carbocycles. The first kappa shape index (κ1) is 22.5. The number of nitrogens with one attached hydrogen (secondary N) is 2.